The summed E-state index contributed by atoms with van der Waals surface area (Å²) in [6, 6.07) is 8.51. The maximum Gasteiger partial charge on any atom is 0.128 e. The first-order valence-electron chi connectivity index (χ1n) is 7.56. The Labute approximate surface area is 127 Å². The van der Waals surface area contributed by atoms with Gasteiger partial charge in [0.15, 0.2) is 0 Å². The average Bonchev–Trinajstić information content (AvgIpc) is 2.44. The van der Waals surface area contributed by atoms with Crippen LogP contribution in [-0.4, -0.2) is 19.3 Å². The maximum absolute atomic E-state index is 8.50. The van der Waals surface area contributed by atoms with E-state index in [-0.39, 0.29) is 5.60 Å². The minimum atomic E-state index is -0.175. The van der Waals surface area contributed by atoms with Crippen molar-refractivity contribution < 1.29 is 9.47 Å². The Balaban J connectivity index is 2.03. The van der Waals surface area contributed by atoms with Crippen LogP contribution in [0.2, 0.25) is 0 Å². The zero-order chi connectivity index (χ0) is 15.3. The fourth-order valence-corrected chi connectivity index (χ4v) is 2.68. The third-order valence-corrected chi connectivity index (χ3v) is 3.74. The predicted molar refractivity (Wildman–Crippen MR) is 82.5 cm³/mol. The van der Waals surface area contributed by atoms with Crippen molar-refractivity contribution in [3.05, 3.63) is 23.8 Å². The van der Waals surface area contributed by atoms with Gasteiger partial charge in [0, 0.05) is 30.5 Å². The van der Waals surface area contributed by atoms with E-state index in [4.69, 9.17) is 14.7 Å². The molecule has 1 atom stereocenters. The molecule has 1 unspecified atom stereocenters. The lowest BCUT2D eigenvalue weighted by Crippen LogP contribution is -2.38. The molecule has 1 heterocycles. The van der Waals surface area contributed by atoms with E-state index in [1.54, 1.807) is 0 Å². The maximum atomic E-state index is 8.50. The van der Waals surface area contributed by atoms with Crippen LogP contribution in [0.5, 0.6) is 11.5 Å². The Morgan fingerprint density at radius 3 is 2.95 bits per heavy atom. The Morgan fingerprint density at radius 1 is 1.43 bits per heavy atom. The fourth-order valence-electron chi connectivity index (χ4n) is 2.68. The summed E-state index contributed by atoms with van der Waals surface area (Å²) in [6.45, 7) is 4.85. The third-order valence-electron chi connectivity index (χ3n) is 3.74. The molecule has 4 heteroatoms. The van der Waals surface area contributed by atoms with Crippen LogP contribution < -0.4 is 14.8 Å². The van der Waals surface area contributed by atoms with Crippen molar-refractivity contribution in [1.29, 1.82) is 5.26 Å². The van der Waals surface area contributed by atoms with Gasteiger partial charge in [0.25, 0.3) is 0 Å². The lowest BCUT2D eigenvalue weighted by Gasteiger charge is -2.37. The Kier molecular flexibility index (Phi) is 5.08. The predicted octanol–water partition coefficient (Wildman–Crippen LogP) is 3.58. The van der Waals surface area contributed by atoms with Crippen LogP contribution in [0.1, 0.15) is 51.1 Å². The van der Waals surface area contributed by atoms with Gasteiger partial charge >= 0.3 is 0 Å². The van der Waals surface area contributed by atoms with Crippen LogP contribution in [0, 0.1) is 11.3 Å². The molecule has 0 radical (unpaired) electrons. The minimum absolute atomic E-state index is 0.175. The molecule has 2 rings (SSSR count). The van der Waals surface area contributed by atoms with E-state index >= 15 is 0 Å². The minimum Gasteiger partial charge on any atom is -0.493 e. The standard InChI is InChI=1S/C17H24N2O2/c1-17(2)12-15(19-3)14-8-7-13(11-16(14)21-17)20-10-6-4-5-9-18/h7-8,11,15,19H,4-6,10,12H2,1-3H3. The van der Waals surface area contributed by atoms with Gasteiger partial charge in [-0.3, -0.25) is 0 Å². The summed E-state index contributed by atoms with van der Waals surface area (Å²) >= 11 is 0. The van der Waals surface area contributed by atoms with E-state index < -0.39 is 0 Å². The van der Waals surface area contributed by atoms with Crippen molar-refractivity contribution >= 4 is 0 Å². The molecule has 0 aliphatic carbocycles. The quantitative estimate of drug-likeness (QED) is 0.813. The van der Waals surface area contributed by atoms with Gasteiger partial charge in [-0.05, 0) is 39.8 Å². The second-order valence-corrected chi connectivity index (χ2v) is 6.07. The highest BCUT2D eigenvalue weighted by molar-refractivity contribution is 5.44. The van der Waals surface area contributed by atoms with E-state index in [1.807, 2.05) is 19.2 Å². The van der Waals surface area contributed by atoms with E-state index in [1.165, 1.54) is 5.56 Å². The Bertz CT molecular complexity index is 520. The van der Waals surface area contributed by atoms with E-state index in [0.717, 1.165) is 30.8 Å². The van der Waals surface area contributed by atoms with E-state index in [0.29, 0.717) is 19.1 Å². The van der Waals surface area contributed by atoms with Gasteiger partial charge in [0.1, 0.15) is 17.1 Å². The van der Waals surface area contributed by atoms with Crippen molar-refractivity contribution in [2.24, 2.45) is 0 Å². The molecule has 0 fully saturated rings. The van der Waals surface area contributed by atoms with Crippen LogP contribution in [0.3, 0.4) is 0 Å². The highest BCUT2D eigenvalue weighted by Gasteiger charge is 2.33. The van der Waals surface area contributed by atoms with Crippen molar-refractivity contribution in [3.63, 3.8) is 0 Å². The van der Waals surface area contributed by atoms with Crippen molar-refractivity contribution in [2.45, 2.75) is 51.2 Å². The van der Waals surface area contributed by atoms with Gasteiger partial charge in [-0.1, -0.05) is 6.07 Å². The van der Waals surface area contributed by atoms with Gasteiger partial charge in [-0.2, -0.15) is 5.26 Å². The molecule has 1 aliphatic rings. The number of fused-ring (bicyclic) bond motifs is 1. The zero-order valence-corrected chi connectivity index (χ0v) is 13.1. The molecular formula is C17H24N2O2. The van der Waals surface area contributed by atoms with Gasteiger partial charge in [0.2, 0.25) is 0 Å². The monoisotopic (exact) mass is 288 g/mol. The van der Waals surface area contributed by atoms with Crippen molar-refractivity contribution in [3.8, 4) is 17.6 Å². The molecule has 114 valence electrons. The van der Waals surface area contributed by atoms with E-state index in [9.17, 15) is 0 Å². The SMILES string of the molecule is CNC1CC(C)(C)Oc2cc(OCCCCC#N)ccc21. The Hall–Kier alpha value is -1.73. The summed E-state index contributed by atoms with van der Waals surface area (Å²) in [7, 11) is 1.98. The van der Waals surface area contributed by atoms with Gasteiger partial charge in [-0.25, -0.2) is 0 Å². The molecular weight excluding hydrogens is 264 g/mol. The second-order valence-electron chi connectivity index (χ2n) is 6.07. The molecule has 1 N–H and O–H groups in total. The van der Waals surface area contributed by atoms with Crippen LogP contribution in [0.4, 0.5) is 0 Å². The summed E-state index contributed by atoms with van der Waals surface area (Å²) in [5.74, 6) is 1.73. The first kappa shape index (κ1) is 15.7. The summed E-state index contributed by atoms with van der Waals surface area (Å²) in [5.41, 5.74) is 1.01. The number of hydrogen-bond acceptors (Lipinski definition) is 4. The third kappa shape index (κ3) is 4.12. The highest BCUT2D eigenvalue weighted by atomic mass is 16.5. The summed E-state index contributed by atoms with van der Waals surface area (Å²) in [5, 5.41) is 11.8. The summed E-state index contributed by atoms with van der Waals surface area (Å²) in [4.78, 5) is 0. The first-order valence-corrected chi connectivity index (χ1v) is 7.56. The van der Waals surface area contributed by atoms with Crippen LogP contribution in [0.25, 0.3) is 0 Å². The topological polar surface area (TPSA) is 54.3 Å². The van der Waals surface area contributed by atoms with Crippen molar-refractivity contribution in [2.75, 3.05) is 13.7 Å². The molecule has 4 nitrogen and oxygen atoms in total. The normalized spacial score (nSPS) is 19.2. The molecule has 1 aromatic rings. The van der Waals surface area contributed by atoms with Crippen LogP contribution >= 0.6 is 0 Å². The number of nitrogens with one attached hydrogen (secondary N) is 1. The molecule has 0 amide bonds. The highest BCUT2D eigenvalue weighted by Crippen LogP contribution is 2.40. The number of ether oxygens (including phenoxy) is 2. The smallest absolute Gasteiger partial charge is 0.128 e. The number of nitrogens with zero attached hydrogens (tertiary/aromatic N) is 1. The van der Waals surface area contributed by atoms with Gasteiger partial charge < -0.3 is 14.8 Å². The van der Waals surface area contributed by atoms with Crippen LogP contribution in [0.15, 0.2) is 18.2 Å². The summed E-state index contributed by atoms with van der Waals surface area (Å²) < 4.78 is 11.8. The molecule has 1 aliphatic heterocycles. The fraction of sp³-hybridized carbons (Fsp3) is 0.588. The number of unbranched alkanes of at least 4 members (excludes halogenated alkanes) is 2. The molecule has 0 saturated heterocycles. The average molecular weight is 288 g/mol. The second kappa shape index (κ2) is 6.82. The lowest BCUT2D eigenvalue weighted by atomic mass is 9.90. The number of rotatable bonds is 6. The largest absolute Gasteiger partial charge is 0.493 e. The molecule has 0 spiro atoms. The first-order chi connectivity index (χ1) is 10.1. The van der Waals surface area contributed by atoms with E-state index in [2.05, 4.69) is 31.3 Å². The molecule has 0 aromatic heterocycles. The van der Waals surface area contributed by atoms with Gasteiger partial charge in [-0.15, -0.1) is 0 Å². The molecule has 21 heavy (non-hydrogen) atoms. The molecule has 0 bridgehead atoms. The molecule has 0 saturated carbocycles. The van der Waals surface area contributed by atoms with Gasteiger partial charge in [0.05, 0.1) is 12.7 Å². The Morgan fingerprint density at radius 2 is 2.24 bits per heavy atom. The lowest BCUT2D eigenvalue weighted by molar-refractivity contribution is 0.0671. The van der Waals surface area contributed by atoms with Crippen LogP contribution in [-0.2, 0) is 0 Å². The zero-order valence-electron chi connectivity index (χ0n) is 13.1. The van der Waals surface area contributed by atoms with Crippen molar-refractivity contribution in [1.82, 2.24) is 5.32 Å². The number of benzene rings is 1. The number of nitriles is 1. The number of hydrogen-bond donors (Lipinski definition) is 1. The molecule has 1 aromatic carbocycles. The summed E-state index contributed by atoms with van der Waals surface area (Å²) in [6.07, 6.45) is 3.32.